The average molecular weight is 946 g/mol. The molecule has 17 nitrogen and oxygen atoms in total. The number of phenols is 2. The molecule has 2 saturated heterocycles. The Hall–Kier alpha value is -5.07. The minimum Gasteiger partial charge on any atom is -0.507 e. The maximum atomic E-state index is 14.0. The van der Waals surface area contributed by atoms with E-state index in [0.29, 0.717) is 44.8 Å². The lowest BCUT2D eigenvalue weighted by molar-refractivity contribution is -0.180. The molecule has 68 heavy (non-hydrogen) atoms. The molecule has 2 aromatic carbocycles. The molecule has 1 amide bonds. The first kappa shape index (κ1) is 50.8. The van der Waals surface area contributed by atoms with Crippen LogP contribution in [0.2, 0.25) is 0 Å². The maximum absolute atomic E-state index is 14.0. The van der Waals surface area contributed by atoms with Crippen LogP contribution in [-0.4, -0.2) is 129 Å². The van der Waals surface area contributed by atoms with Gasteiger partial charge in [-0.2, -0.15) is 0 Å². The summed E-state index contributed by atoms with van der Waals surface area (Å²) in [6.07, 6.45) is 5.15. The second-order valence-corrected chi connectivity index (χ2v) is 20.4. The first-order valence-electron chi connectivity index (χ1n) is 24.1. The summed E-state index contributed by atoms with van der Waals surface area (Å²) < 4.78 is 24.2. The number of amides is 1. The first-order valence-corrected chi connectivity index (χ1v) is 24.1. The van der Waals surface area contributed by atoms with Gasteiger partial charge in [0.15, 0.2) is 23.4 Å². The highest BCUT2D eigenvalue weighted by Gasteiger charge is 2.50. The lowest BCUT2D eigenvalue weighted by Crippen LogP contribution is -2.43. The largest absolute Gasteiger partial charge is 0.507 e. The Morgan fingerprint density at radius 3 is 2.26 bits per heavy atom. The molecule has 372 valence electrons. The Labute approximate surface area is 398 Å². The van der Waals surface area contributed by atoms with Gasteiger partial charge in [-0.15, -0.1) is 0 Å². The number of anilines is 1. The van der Waals surface area contributed by atoms with E-state index in [4.69, 9.17) is 28.9 Å². The monoisotopic (exact) mass is 946 g/mol. The summed E-state index contributed by atoms with van der Waals surface area (Å²) >= 11 is 0. The van der Waals surface area contributed by atoms with Crippen molar-refractivity contribution in [2.24, 2.45) is 39.6 Å². The number of nitrogens with zero attached hydrogens (tertiary/aromatic N) is 4. The van der Waals surface area contributed by atoms with Crippen LogP contribution in [0.4, 0.5) is 5.69 Å². The van der Waals surface area contributed by atoms with E-state index in [1.807, 2.05) is 11.9 Å². The normalized spacial score (nSPS) is 32.3. The van der Waals surface area contributed by atoms with Gasteiger partial charge >= 0.3 is 11.9 Å². The molecule has 0 aliphatic carbocycles. The van der Waals surface area contributed by atoms with Crippen molar-refractivity contribution in [3.05, 3.63) is 58.0 Å². The van der Waals surface area contributed by atoms with Crippen molar-refractivity contribution in [3.8, 4) is 17.2 Å². The number of piperidine rings is 1. The van der Waals surface area contributed by atoms with Gasteiger partial charge in [0, 0.05) is 92.3 Å². The summed E-state index contributed by atoms with van der Waals surface area (Å²) in [5.74, 6) is -7.17. The van der Waals surface area contributed by atoms with Crippen LogP contribution in [0, 0.1) is 36.5 Å². The van der Waals surface area contributed by atoms with Gasteiger partial charge in [-0.3, -0.25) is 24.4 Å². The molecule has 0 radical (unpaired) electrons. The van der Waals surface area contributed by atoms with E-state index in [2.05, 4.69) is 24.1 Å². The molecule has 17 heteroatoms. The summed E-state index contributed by atoms with van der Waals surface area (Å²) in [6, 6.07) is 0. The van der Waals surface area contributed by atoms with Crippen LogP contribution in [0.3, 0.4) is 0 Å². The number of nitrogens with one attached hydrogen (secondary N) is 1. The quantitative estimate of drug-likeness (QED) is 0.132. The molecule has 10 atom stereocenters. The molecule has 2 aromatic rings. The van der Waals surface area contributed by atoms with Crippen molar-refractivity contribution >= 4 is 34.3 Å². The molecule has 0 aromatic heterocycles. The summed E-state index contributed by atoms with van der Waals surface area (Å²) in [7, 11) is 1.93. The number of ether oxygens (including phenoxy) is 4. The molecule has 5 bridgehead atoms. The minimum absolute atomic E-state index is 0.0323. The predicted octanol–water partition coefficient (Wildman–Crippen LogP) is 4.59. The summed E-state index contributed by atoms with van der Waals surface area (Å²) in [4.78, 5) is 55.4. The Morgan fingerprint density at radius 1 is 0.926 bits per heavy atom. The number of likely N-dealkylation sites (N-methyl/N-ethyl adjacent to an activating group) is 1. The molecular formula is C51H71N5O12. The van der Waals surface area contributed by atoms with E-state index in [1.54, 1.807) is 65.8 Å². The van der Waals surface area contributed by atoms with Crippen LogP contribution in [-0.2, 0) is 28.6 Å². The van der Waals surface area contributed by atoms with Crippen LogP contribution in [0.1, 0.15) is 105 Å². The van der Waals surface area contributed by atoms with Crippen molar-refractivity contribution in [3.63, 3.8) is 0 Å². The smallest absolute Gasteiger partial charge is 0.320 e. The number of aliphatic hydroxyl groups is 3. The van der Waals surface area contributed by atoms with E-state index >= 15 is 0 Å². The number of carbonyl (C=O) groups excluding carboxylic acids is 3. The van der Waals surface area contributed by atoms with E-state index in [0.717, 1.165) is 13.1 Å². The van der Waals surface area contributed by atoms with E-state index in [9.17, 15) is 39.9 Å². The Morgan fingerprint density at radius 2 is 1.60 bits per heavy atom. The second-order valence-electron chi connectivity index (χ2n) is 20.4. The van der Waals surface area contributed by atoms with Crippen LogP contribution in [0.5, 0.6) is 17.2 Å². The number of fused-ring (bicyclic) bond motifs is 13. The molecule has 2 fully saturated rings. The van der Waals surface area contributed by atoms with Crippen LogP contribution >= 0.6 is 0 Å². The van der Waals surface area contributed by atoms with Crippen molar-refractivity contribution in [2.45, 2.75) is 136 Å². The van der Waals surface area contributed by atoms with Crippen molar-refractivity contribution in [1.82, 2.24) is 9.80 Å². The Balaban J connectivity index is 1.27. The molecule has 6 aliphatic heterocycles. The third kappa shape index (κ3) is 10.0. The molecule has 5 unspecified atom stereocenters. The van der Waals surface area contributed by atoms with Gasteiger partial charge in [0.1, 0.15) is 34.8 Å². The Bertz CT molecular complexity index is 2500. The zero-order valence-electron chi connectivity index (χ0n) is 41.1. The standard InChI is InChI=1S/C51H71N5O12/c1-26(2)24-56-21-18-51(19-22-56)53-38-35-36-43(59)31(7)45-37(35)46(61)50(9,68-45)65-23-12-11-16-34(67-49(64)32(8)48(63)66-33-17-20-55(10)25-33)29(5)42(58)30(6)41(57)27(3)14-13-15-28(4)47(62)52-40(44(36)60)39(38)54-51/h12-15,23,26-27,29-30,32-34,41-42,46,57-61H,11,16-22,24-25H2,1-10H3,(H,52,62)/b14-13+,23-12+,28-15-/t27-,29-,30+,32?,33?,34+,41-,42?,46?,50?/m0/s1. The lowest BCUT2D eigenvalue weighted by Gasteiger charge is -2.36. The fourth-order valence-electron chi connectivity index (χ4n) is 10.1. The van der Waals surface area contributed by atoms with E-state index in [1.165, 1.54) is 13.2 Å². The van der Waals surface area contributed by atoms with Crippen LogP contribution in [0.25, 0.3) is 10.8 Å². The number of phenolic OH excluding ortho intramolecular Hbond substituents is 2. The van der Waals surface area contributed by atoms with E-state index in [-0.39, 0.29) is 74.3 Å². The lowest BCUT2D eigenvalue weighted by atomic mass is 9.81. The second kappa shape index (κ2) is 20.1. The van der Waals surface area contributed by atoms with Gasteiger partial charge in [-0.05, 0) is 59.1 Å². The first-order chi connectivity index (χ1) is 32.1. The minimum atomic E-state index is -1.75. The topological polar surface area (TPSA) is 233 Å². The van der Waals surface area contributed by atoms with Crippen LogP contribution in [0.15, 0.2) is 46.1 Å². The van der Waals surface area contributed by atoms with Gasteiger partial charge in [-0.25, -0.2) is 0 Å². The Kier molecular flexibility index (Phi) is 15.0. The maximum Gasteiger partial charge on any atom is 0.320 e. The number of esters is 2. The zero-order valence-corrected chi connectivity index (χ0v) is 41.1. The van der Waals surface area contributed by atoms with Crippen molar-refractivity contribution < 1.29 is 58.9 Å². The SMILES string of the molecule is C/C1=C/C=C/[C@H](C)[C@H](O)[C@@H](C)C(O)[C@@H](C)[C@H](OC(=O)C(C)C(=O)OC2CCN(C)C2)CC/C=C/OC2(C)Oc3c(C)c(O)c4c(O)c(c5c(c4c3C2O)=NC2(CCN(CC(C)C)CC2)N=5)NC1=O. The number of benzene rings is 2. The molecular weight excluding hydrogens is 875 g/mol. The highest BCUT2D eigenvalue weighted by molar-refractivity contribution is 6.08. The highest BCUT2D eigenvalue weighted by Crippen LogP contribution is 2.54. The van der Waals surface area contributed by atoms with E-state index < -0.39 is 83.1 Å². The number of likely N-dealkylation sites (tertiary alicyclic amines) is 2. The summed E-state index contributed by atoms with van der Waals surface area (Å²) in [5, 5.41) is 63.1. The number of aromatic hydroxyl groups is 2. The van der Waals surface area contributed by atoms with Gasteiger partial charge in [-0.1, -0.05) is 52.8 Å². The number of carbonyl (C=O) groups is 3. The zero-order chi connectivity index (χ0) is 49.6. The number of allylic oxidation sites excluding steroid dienone is 3. The summed E-state index contributed by atoms with van der Waals surface area (Å²) in [5.41, 5.74) is -0.281. The van der Waals surface area contributed by atoms with Crippen molar-refractivity contribution in [2.75, 3.05) is 45.1 Å². The third-order valence-electron chi connectivity index (χ3n) is 14.6. The van der Waals surface area contributed by atoms with Gasteiger partial charge < -0.3 is 59.6 Å². The fraction of sp³-hybridized carbons (Fsp3) is 0.627. The molecule has 6 aliphatic rings. The third-order valence-corrected chi connectivity index (χ3v) is 14.6. The molecule has 8 rings (SSSR count). The molecule has 6 N–H and O–H groups in total. The van der Waals surface area contributed by atoms with Gasteiger partial charge in [0.2, 0.25) is 0 Å². The highest BCUT2D eigenvalue weighted by atomic mass is 16.7. The number of aliphatic hydroxyl groups excluding tert-OH is 3. The van der Waals surface area contributed by atoms with Gasteiger partial charge in [0.05, 0.1) is 29.2 Å². The summed E-state index contributed by atoms with van der Waals surface area (Å²) in [6.45, 7) is 19.4. The fourth-order valence-corrected chi connectivity index (χ4v) is 10.1. The van der Waals surface area contributed by atoms with Crippen LogP contribution < -0.4 is 20.8 Å². The molecule has 6 heterocycles. The molecule has 0 saturated carbocycles. The number of rotatable bonds is 6. The average Bonchev–Trinajstić information content (AvgIpc) is 3.96. The van der Waals surface area contributed by atoms with Gasteiger partial charge in [0.25, 0.3) is 11.7 Å². The predicted molar refractivity (Wildman–Crippen MR) is 253 cm³/mol. The number of hydrogen-bond donors (Lipinski definition) is 6. The number of hydrogen-bond acceptors (Lipinski definition) is 16. The molecule has 1 spiro atoms. The van der Waals surface area contributed by atoms with Crippen molar-refractivity contribution in [1.29, 1.82) is 0 Å².